The molecule has 1 amide bonds. The van der Waals surface area contributed by atoms with E-state index in [0.717, 1.165) is 5.56 Å². The van der Waals surface area contributed by atoms with Crippen molar-refractivity contribution >= 4 is 5.91 Å². The van der Waals surface area contributed by atoms with Gasteiger partial charge in [0.05, 0.1) is 6.04 Å². The van der Waals surface area contributed by atoms with E-state index in [1.807, 2.05) is 38.1 Å². The molecule has 0 heterocycles. The molecule has 0 aromatic heterocycles. The van der Waals surface area contributed by atoms with E-state index >= 15 is 0 Å². The van der Waals surface area contributed by atoms with Crippen LogP contribution in [-0.4, -0.2) is 11.9 Å². The van der Waals surface area contributed by atoms with Gasteiger partial charge in [-0.1, -0.05) is 31.2 Å². The lowest BCUT2D eigenvalue weighted by Crippen LogP contribution is -2.39. The average molecular weight is 206 g/mol. The van der Waals surface area contributed by atoms with Crippen molar-refractivity contribution in [1.29, 1.82) is 0 Å². The second-order valence-electron chi connectivity index (χ2n) is 3.66. The van der Waals surface area contributed by atoms with E-state index in [2.05, 4.69) is 5.32 Å². The van der Waals surface area contributed by atoms with E-state index in [-0.39, 0.29) is 5.91 Å². The number of nitrogens with two attached hydrogens (primary N) is 1. The quantitative estimate of drug-likeness (QED) is 0.781. The number of rotatable bonds is 4. The van der Waals surface area contributed by atoms with Gasteiger partial charge in [0.2, 0.25) is 5.91 Å². The molecule has 3 heteroatoms. The molecule has 1 atom stereocenters. The fraction of sp³-hybridized carbons (Fsp3) is 0.417. The van der Waals surface area contributed by atoms with Gasteiger partial charge in [0.1, 0.15) is 0 Å². The lowest BCUT2D eigenvalue weighted by molar-refractivity contribution is -0.122. The highest BCUT2D eigenvalue weighted by molar-refractivity contribution is 5.81. The van der Waals surface area contributed by atoms with Gasteiger partial charge in [-0.2, -0.15) is 0 Å². The highest BCUT2D eigenvalue weighted by atomic mass is 16.2. The van der Waals surface area contributed by atoms with Crippen LogP contribution in [0.4, 0.5) is 0 Å². The van der Waals surface area contributed by atoms with E-state index in [0.29, 0.717) is 13.0 Å². The molecular weight excluding hydrogens is 188 g/mol. The number of carbonyl (C=O) groups is 1. The monoisotopic (exact) mass is 206 g/mol. The number of benzene rings is 1. The van der Waals surface area contributed by atoms with Crippen LogP contribution in [0.1, 0.15) is 24.5 Å². The second-order valence-corrected chi connectivity index (χ2v) is 3.66. The molecule has 1 aromatic carbocycles. The third kappa shape index (κ3) is 3.36. The normalized spacial score (nSPS) is 12.2. The predicted octanol–water partition coefficient (Wildman–Crippen LogP) is 1.35. The van der Waals surface area contributed by atoms with Crippen molar-refractivity contribution in [3.63, 3.8) is 0 Å². The first kappa shape index (κ1) is 11.7. The molecule has 15 heavy (non-hydrogen) atoms. The molecular formula is C12H18N2O. The molecule has 0 saturated heterocycles. The number of aryl methyl sites for hydroxylation is 1. The van der Waals surface area contributed by atoms with Crippen molar-refractivity contribution in [2.75, 3.05) is 0 Å². The van der Waals surface area contributed by atoms with Crippen LogP contribution in [0.25, 0.3) is 0 Å². The summed E-state index contributed by atoms with van der Waals surface area (Å²) in [5.41, 5.74) is 7.92. The summed E-state index contributed by atoms with van der Waals surface area (Å²) < 4.78 is 0. The average Bonchev–Trinajstić information content (AvgIpc) is 2.26. The van der Waals surface area contributed by atoms with Crippen LogP contribution in [-0.2, 0) is 11.3 Å². The van der Waals surface area contributed by atoms with Gasteiger partial charge in [0, 0.05) is 6.54 Å². The zero-order valence-electron chi connectivity index (χ0n) is 9.29. The Kier molecular flexibility index (Phi) is 4.31. The number of carbonyl (C=O) groups excluding carboxylic acids is 1. The molecule has 0 aliphatic carbocycles. The molecule has 82 valence electrons. The molecule has 0 saturated carbocycles. The Hall–Kier alpha value is -1.35. The fourth-order valence-corrected chi connectivity index (χ4v) is 1.31. The van der Waals surface area contributed by atoms with E-state index in [1.165, 1.54) is 5.56 Å². The highest BCUT2D eigenvalue weighted by Crippen LogP contribution is 2.06. The summed E-state index contributed by atoms with van der Waals surface area (Å²) in [6.45, 7) is 4.48. The Balaban J connectivity index is 2.51. The maximum atomic E-state index is 11.4. The Bertz CT molecular complexity index is 336. The molecule has 1 aromatic rings. The molecule has 0 radical (unpaired) electrons. The summed E-state index contributed by atoms with van der Waals surface area (Å²) in [6, 6.07) is 7.59. The molecule has 0 bridgehead atoms. The van der Waals surface area contributed by atoms with Crippen LogP contribution >= 0.6 is 0 Å². The topological polar surface area (TPSA) is 55.1 Å². The minimum Gasteiger partial charge on any atom is -0.351 e. The molecule has 3 N–H and O–H groups in total. The minimum atomic E-state index is -0.394. The van der Waals surface area contributed by atoms with Crippen LogP contribution < -0.4 is 11.1 Å². The fourth-order valence-electron chi connectivity index (χ4n) is 1.31. The van der Waals surface area contributed by atoms with Gasteiger partial charge in [-0.3, -0.25) is 4.79 Å². The highest BCUT2D eigenvalue weighted by Gasteiger charge is 2.09. The van der Waals surface area contributed by atoms with Crippen LogP contribution in [0.3, 0.4) is 0 Å². The minimum absolute atomic E-state index is 0.0826. The van der Waals surface area contributed by atoms with E-state index in [1.54, 1.807) is 0 Å². The number of amides is 1. The molecule has 1 rings (SSSR count). The number of hydrogen-bond acceptors (Lipinski definition) is 2. The first-order valence-electron chi connectivity index (χ1n) is 5.23. The largest absolute Gasteiger partial charge is 0.351 e. The van der Waals surface area contributed by atoms with E-state index in [4.69, 9.17) is 5.73 Å². The first-order valence-corrected chi connectivity index (χ1v) is 5.23. The lowest BCUT2D eigenvalue weighted by atomic mass is 10.1. The van der Waals surface area contributed by atoms with Crippen molar-refractivity contribution < 1.29 is 4.79 Å². The van der Waals surface area contributed by atoms with E-state index in [9.17, 15) is 4.79 Å². The summed E-state index contributed by atoms with van der Waals surface area (Å²) in [5.74, 6) is -0.0826. The third-order valence-corrected chi connectivity index (χ3v) is 2.49. The Morgan fingerprint density at radius 2 is 2.13 bits per heavy atom. The van der Waals surface area contributed by atoms with Crippen LogP contribution in [0.5, 0.6) is 0 Å². The van der Waals surface area contributed by atoms with Gasteiger partial charge < -0.3 is 11.1 Å². The Labute approximate surface area is 90.7 Å². The first-order chi connectivity index (χ1) is 7.15. The summed E-state index contributed by atoms with van der Waals surface area (Å²) in [5, 5.41) is 2.83. The molecule has 0 aliphatic heterocycles. The van der Waals surface area contributed by atoms with Crippen molar-refractivity contribution in [2.24, 2.45) is 5.73 Å². The van der Waals surface area contributed by atoms with Crippen molar-refractivity contribution in [1.82, 2.24) is 5.32 Å². The zero-order chi connectivity index (χ0) is 11.3. The smallest absolute Gasteiger partial charge is 0.237 e. The molecule has 1 unspecified atom stereocenters. The lowest BCUT2D eigenvalue weighted by Gasteiger charge is -2.11. The van der Waals surface area contributed by atoms with Gasteiger partial charge in [-0.25, -0.2) is 0 Å². The third-order valence-electron chi connectivity index (χ3n) is 2.49. The molecule has 3 nitrogen and oxygen atoms in total. The van der Waals surface area contributed by atoms with Gasteiger partial charge in [0.25, 0.3) is 0 Å². The standard InChI is InChI=1S/C12H18N2O/c1-3-11(13)12(15)14-8-10-7-5-4-6-9(10)2/h4-7,11H,3,8,13H2,1-2H3,(H,14,15). The number of hydrogen-bond donors (Lipinski definition) is 2. The van der Waals surface area contributed by atoms with Gasteiger partial charge >= 0.3 is 0 Å². The summed E-state index contributed by atoms with van der Waals surface area (Å²) in [6.07, 6.45) is 0.666. The maximum Gasteiger partial charge on any atom is 0.237 e. The Morgan fingerprint density at radius 3 is 2.73 bits per heavy atom. The van der Waals surface area contributed by atoms with Crippen molar-refractivity contribution in [3.05, 3.63) is 35.4 Å². The van der Waals surface area contributed by atoms with Crippen molar-refractivity contribution in [3.8, 4) is 0 Å². The molecule has 0 spiro atoms. The van der Waals surface area contributed by atoms with Crippen LogP contribution in [0.15, 0.2) is 24.3 Å². The maximum absolute atomic E-state index is 11.4. The van der Waals surface area contributed by atoms with Crippen LogP contribution in [0.2, 0.25) is 0 Å². The zero-order valence-corrected chi connectivity index (χ0v) is 9.29. The van der Waals surface area contributed by atoms with Gasteiger partial charge in [-0.05, 0) is 24.5 Å². The summed E-state index contributed by atoms with van der Waals surface area (Å²) in [7, 11) is 0. The van der Waals surface area contributed by atoms with Crippen molar-refractivity contribution in [2.45, 2.75) is 32.9 Å². The number of nitrogens with one attached hydrogen (secondary N) is 1. The second kappa shape index (κ2) is 5.51. The summed E-state index contributed by atoms with van der Waals surface area (Å²) >= 11 is 0. The van der Waals surface area contributed by atoms with E-state index < -0.39 is 6.04 Å². The van der Waals surface area contributed by atoms with Crippen LogP contribution in [0, 0.1) is 6.92 Å². The van der Waals surface area contributed by atoms with Gasteiger partial charge in [-0.15, -0.1) is 0 Å². The molecule has 0 fully saturated rings. The van der Waals surface area contributed by atoms with Gasteiger partial charge in [0.15, 0.2) is 0 Å². The molecule has 0 aliphatic rings. The Morgan fingerprint density at radius 1 is 1.47 bits per heavy atom. The summed E-state index contributed by atoms with van der Waals surface area (Å²) in [4.78, 5) is 11.4. The SMILES string of the molecule is CCC(N)C(=O)NCc1ccccc1C. The predicted molar refractivity (Wildman–Crippen MR) is 61.3 cm³/mol.